The van der Waals surface area contributed by atoms with Crippen LogP contribution in [0.4, 0.5) is 0 Å². The molecule has 0 aromatic carbocycles. The zero-order valence-electron chi connectivity index (χ0n) is 11.2. The number of rotatable bonds is 4. The monoisotopic (exact) mass is 372 g/mol. The Kier molecular flexibility index (Phi) is 4.84. The third-order valence-electron chi connectivity index (χ3n) is 3.31. The van der Waals surface area contributed by atoms with Gasteiger partial charge < -0.3 is 0 Å². The molecule has 1 aromatic rings. The van der Waals surface area contributed by atoms with Gasteiger partial charge in [0.15, 0.2) is 9.84 Å². The van der Waals surface area contributed by atoms with Crippen molar-refractivity contribution >= 4 is 43.1 Å². The minimum absolute atomic E-state index is 0.00328. The number of pyridine rings is 1. The molecule has 118 valence electrons. The van der Waals surface area contributed by atoms with E-state index in [1.807, 2.05) is 0 Å². The molecule has 2 rings (SSSR count). The molecule has 0 radical (unpaired) electrons. The van der Waals surface area contributed by atoms with Crippen molar-refractivity contribution in [3.63, 3.8) is 0 Å². The Morgan fingerprint density at radius 2 is 2.10 bits per heavy atom. The fourth-order valence-corrected chi connectivity index (χ4v) is 6.10. The van der Waals surface area contributed by atoms with Crippen LogP contribution in [0.1, 0.15) is 13.3 Å². The molecule has 1 unspecified atom stereocenters. The maximum absolute atomic E-state index is 12.6. The molecule has 0 bridgehead atoms. The minimum Gasteiger partial charge on any atom is -0.242 e. The summed E-state index contributed by atoms with van der Waals surface area (Å²) in [5.41, 5.74) is 0. The average Bonchev–Trinajstić information content (AvgIpc) is 2.73. The summed E-state index contributed by atoms with van der Waals surface area (Å²) in [7, 11) is -7.04. The normalized spacial score (nSPS) is 21.8. The average molecular weight is 373 g/mol. The third kappa shape index (κ3) is 3.50. The van der Waals surface area contributed by atoms with E-state index in [0.29, 0.717) is 6.42 Å². The summed E-state index contributed by atoms with van der Waals surface area (Å²) in [6.07, 6.45) is 1.42. The molecule has 0 aliphatic carbocycles. The molecule has 1 saturated heterocycles. The van der Waals surface area contributed by atoms with E-state index in [4.69, 9.17) is 23.2 Å². The SMILES string of the molecule is CCN(C1CCS(=O)(=O)C1)S(=O)(=O)c1cnc(Cl)c(Cl)c1. The van der Waals surface area contributed by atoms with Gasteiger partial charge in [0, 0.05) is 18.8 Å². The van der Waals surface area contributed by atoms with Crippen molar-refractivity contribution in [2.45, 2.75) is 24.3 Å². The van der Waals surface area contributed by atoms with E-state index in [2.05, 4.69) is 4.98 Å². The smallest absolute Gasteiger partial charge is 0.242 e. The summed E-state index contributed by atoms with van der Waals surface area (Å²) in [5, 5.41) is 0.0509. The molecule has 2 heterocycles. The highest BCUT2D eigenvalue weighted by Crippen LogP contribution is 2.27. The zero-order valence-corrected chi connectivity index (χ0v) is 14.3. The Labute approximate surface area is 134 Å². The van der Waals surface area contributed by atoms with Crippen LogP contribution in [0, 0.1) is 0 Å². The maximum atomic E-state index is 12.6. The van der Waals surface area contributed by atoms with E-state index in [0.717, 1.165) is 6.20 Å². The molecular weight excluding hydrogens is 359 g/mol. The van der Waals surface area contributed by atoms with Gasteiger partial charge in [-0.3, -0.25) is 0 Å². The maximum Gasteiger partial charge on any atom is 0.244 e. The van der Waals surface area contributed by atoms with Crippen LogP contribution in [-0.2, 0) is 19.9 Å². The van der Waals surface area contributed by atoms with Crippen molar-refractivity contribution < 1.29 is 16.8 Å². The number of aromatic nitrogens is 1. The van der Waals surface area contributed by atoms with Crippen molar-refractivity contribution in [1.82, 2.24) is 9.29 Å². The molecule has 1 atom stereocenters. The Morgan fingerprint density at radius 3 is 2.57 bits per heavy atom. The van der Waals surface area contributed by atoms with E-state index in [9.17, 15) is 16.8 Å². The van der Waals surface area contributed by atoms with Gasteiger partial charge in [-0.1, -0.05) is 30.1 Å². The molecule has 6 nitrogen and oxygen atoms in total. The Bertz CT molecular complexity index is 749. The Morgan fingerprint density at radius 1 is 1.43 bits per heavy atom. The van der Waals surface area contributed by atoms with Gasteiger partial charge in [0.2, 0.25) is 10.0 Å². The second-order valence-electron chi connectivity index (χ2n) is 4.71. The van der Waals surface area contributed by atoms with Crippen LogP contribution >= 0.6 is 23.2 Å². The third-order valence-corrected chi connectivity index (χ3v) is 7.73. The predicted octanol–water partition coefficient (Wildman–Crippen LogP) is 1.59. The highest BCUT2D eigenvalue weighted by Gasteiger charge is 2.38. The number of halogens is 2. The van der Waals surface area contributed by atoms with E-state index in [-0.39, 0.29) is 33.1 Å². The first-order valence-electron chi connectivity index (χ1n) is 6.20. The van der Waals surface area contributed by atoms with E-state index < -0.39 is 25.9 Å². The molecule has 1 fully saturated rings. The quantitative estimate of drug-likeness (QED) is 0.749. The second-order valence-corrected chi connectivity index (χ2v) is 9.59. The van der Waals surface area contributed by atoms with E-state index in [1.54, 1.807) is 6.92 Å². The fourth-order valence-electron chi connectivity index (χ4n) is 2.31. The Hall–Kier alpha value is -0.410. The van der Waals surface area contributed by atoms with Crippen molar-refractivity contribution in [2.24, 2.45) is 0 Å². The largest absolute Gasteiger partial charge is 0.244 e. The van der Waals surface area contributed by atoms with Crippen LogP contribution < -0.4 is 0 Å². The molecule has 0 spiro atoms. The molecule has 0 saturated carbocycles. The van der Waals surface area contributed by atoms with Gasteiger partial charge in [-0.2, -0.15) is 4.31 Å². The van der Waals surface area contributed by atoms with Gasteiger partial charge in [-0.05, 0) is 12.5 Å². The van der Waals surface area contributed by atoms with Crippen LogP contribution in [-0.4, -0.2) is 50.2 Å². The number of hydrogen-bond donors (Lipinski definition) is 0. The van der Waals surface area contributed by atoms with E-state index >= 15 is 0 Å². The van der Waals surface area contributed by atoms with Crippen molar-refractivity contribution in [3.05, 3.63) is 22.4 Å². The summed E-state index contributed by atoms with van der Waals surface area (Å²) in [5.74, 6) is -0.155. The molecule has 21 heavy (non-hydrogen) atoms. The summed E-state index contributed by atoms with van der Waals surface area (Å²) in [6.45, 7) is 1.83. The zero-order chi connectivity index (χ0) is 15.8. The first-order valence-corrected chi connectivity index (χ1v) is 10.2. The van der Waals surface area contributed by atoms with Gasteiger partial charge in [-0.15, -0.1) is 0 Å². The minimum atomic E-state index is -3.86. The highest BCUT2D eigenvalue weighted by molar-refractivity contribution is 7.92. The molecule has 0 N–H and O–H groups in total. The number of sulfonamides is 1. The Balaban J connectivity index is 2.38. The van der Waals surface area contributed by atoms with Gasteiger partial charge in [-0.25, -0.2) is 21.8 Å². The molecule has 0 amide bonds. The van der Waals surface area contributed by atoms with Gasteiger partial charge in [0.1, 0.15) is 10.0 Å². The van der Waals surface area contributed by atoms with Crippen LogP contribution in [0.3, 0.4) is 0 Å². The molecule has 1 aromatic heterocycles. The number of nitrogens with zero attached hydrogens (tertiary/aromatic N) is 2. The van der Waals surface area contributed by atoms with Gasteiger partial charge in [0.25, 0.3) is 0 Å². The first kappa shape index (κ1) is 17.0. The predicted molar refractivity (Wildman–Crippen MR) is 80.9 cm³/mol. The van der Waals surface area contributed by atoms with Gasteiger partial charge >= 0.3 is 0 Å². The highest BCUT2D eigenvalue weighted by atomic mass is 35.5. The molecule has 1 aliphatic heterocycles. The van der Waals surface area contributed by atoms with Crippen molar-refractivity contribution in [2.75, 3.05) is 18.1 Å². The van der Waals surface area contributed by atoms with Gasteiger partial charge in [0.05, 0.1) is 16.5 Å². The molecule has 1 aliphatic rings. The second kappa shape index (κ2) is 6.00. The summed E-state index contributed by atoms with van der Waals surface area (Å²) in [6, 6.07) is 0.665. The first-order chi connectivity index (χ1) is 9.67. The molecule has 10 heteroatoms. The van der Waals surface area contributed by atoms with Crippen LogP contribution in [0.15, 0.2) is 17.2 Å². The standard InChI is InChI=1S/C11H14Cl2N2O4S2/c1-2-15(8-3-4-20(16,17)7-8)21(18,19)9-5-10(12)11(13)14-6-9/h5-6,8H,2-4,7H2,1H3. The molecular formula is C11H14Cl2N2O4S2. The summed E-state index contributed by atoms with van der Waals surface area (Å²) >= 11 is 11.5. The lowest BCUT2D eigenvalue weighted by atomic mass is 10.3. The lowest BCUT2D eigenvalue weighted by Crippen LogP contribution is -2.40. The van der Waals surface area contributed by atoms with E-state index in [1.165, 1.54) is 10.4 Å². The fraction of sp³-hybridized carbons (Fsp3) is 0.545. The topological polar surface area (TPSA) is 84.4 Å². The van der Waals surface area contributed by atoms with Crippen molar-refractivity contribution in [1.29, 1.82) is 0 Å². The summed E-state index contributed by atoms with van der Waals surface area (Å²) in [4.78, 5) is 3.63. The lowest BCUT2D eigenvalue weighted by molar-refractivity contribution is 0.354. The number of hydrogen-bond acceptors (Lipinski definition) is 5. The lowest BCUT2D eigenvalue weighted by Gasteiger charge is -2.25. The van der Waals surface area contributed by atoms with Crippen molar-refractivity contribution in [3.8, 4) is 0 Å². The number of sulfone groups is 1. The summed E-state index contributed by atoms with van der Waals surface area (Å²) < 4.78 is 49.5. The van der Waals surface area contributed by atoms with Crippen LogP contribution in [0.25, 0.3) is 0 Å². The van der Waals surface area contributed by atoms with Crippen LogP contribution in [0.5, 0.6) is 0 Å². The van der Waals surface area contributed by atoms with Crippen LogP contribution in [0.2, 0.25) is 10.2 Å².